The number of aliphatic hydroxyl groups excluding tert-OH is 1. The Hall–Kier alpha value is -2.86. The van der Waals surface area contributed by atoms with Gasteiger partial charge in [0.25, 0.3) is 0 Å². The molecule has 180 valence electrons. The summed E-state index contributed by atoms with van der Waals surface area (Å²) < 4.78 is 23.9. The zero-order valence-corrected chi connectivity index (χ0v) is 20.3. The van der Waals surface area contributed by atoms with Gasteiger partial charge < -0.3 is 24.1 Å². The average molecular weight is 463 g/mol. The molecule has 0 aromatic heterocycles. The highest BCUT2D eigenvalue weighted by Gasteiger charge is 2.41. The molecule has 1 aliphatic heterocycles. The van der Waals surface area contributed by atoms with Crippen LogP contribution in [0.2, 0.25) is 0 Å². The molecule has 3 atom stereocenters. The molecule has 5 nitrogen and oxygen atoms in total. The fourth-order valence-corrected chi connectivity index (χ4v) is 4.62. The molecule has 1 fully saturated rings. The highest BCUT2D eigenvalue weighted by atomic mass is 16.6. The van der Waals surface area contributed by atoms with E-state index >= 15 is 0 Å². The van der Waals surface area contributed by atoms with E-state index in [4.69, 9.17) is 18.9 Å². The molecule has 1 aliphatic rings. The van der Waals surface area contributed by atoms with Crippen molar-refractivity contribution in [3.63, 3.8) is 0 Å². The number of aliphatic hydroxyl groups is 1. The fourth-order valence-electron chi connectivity index (χ4n) is 4.62. The molecule has 3 aromatic carbocycles. The van der Waals surface area contributed by atoms with Crippen LogP contribution in [0.3, 0.4) is 0 Å². The number of rotatable bonds is 9. The maximum atomic E-state index is 10.7. The highest BCUT2D eigenvalue weighted by Crippen LogP contribution is 2.42. The van der Waals surface area contributed by atoms with Crippen LogP contribution in [0.25, 0.3) is 0 Å². The van der Waals surface area contributed by atoms with Crippen molar-refractivity contribution in [2.75, 3.05) is 20.8 Å². The smallest absolute Gasteiger partial charge is 0.143 e. The lowest BCUT2D eigenvalue weighted by Crippen LogP contribution is -2.38. The molecule has 0 unspecified atom stereocenters. The van der Waals surface area contributed by atoms with E-state index in [0.29, 0.717) is 12.3 Å². The summed E-state index contributed by atoms with van der Waals surface area (Å²) in [5.74, 6) is 1.88. The zero-order valence-electron chi connectivity index (χ0n) is 20.3. The van der Waals surface area contributed by atoms with Gasteiger partial charge in [-0.15, -0.1) is 0 Å². The number of ether oxygens (including phenoxy) is 4. The number of hydrogen-bond donors (Lipinski definition) is 1. The Bertz CT molecular complexity index is 983. The molecule has 0 spiro atoms. The van der Waals surface area contributed by atoms with Crippen LogP contribution in [0, 0.1) is 5.92 Å². The monoisotopic (exact) mass is 462 g/mol. The summed E-state index contributed by atoms with van der Waals surface area (Å²) in [4.78, 5) is 0. The van der Waals surface area contributed by atoms with E-state index in [1.54, 1.807) is 14.2 Å². The van der Waals surface area contributed by atoms with Gasteiger partial charge in [0.1, 0.15) is 23.2 Å². The Morgan fingerprint density at radius 2 is 1.32 bits per heavy atom. The summed E-state index contributed by atoms with van der Waals surface area (Å²) in [7, 11) is 3.31. The summed E-state index contributed by atoms with van der Waals surface area (Å²) in [5.41, 5.74) is 1.98. The van der Waals surface area contributed by atoms with Gasteiger partial charge in [-0.3, -0.25) is 0 Å². The van der Waals surface area contributed by atoms with E-state index < -0.39 is 17.8 Å². The fraction of sp³-hybridized carbons (Fsp3) is 0.379. The van der Waals surface area contributed by atoms with Crippen LogP contribution in [0.15, 0.2) is 78.9 Å². The first-order valence-electron chi connectivity index (χ1n) is 11.8. The number of hydrogen-bond acceptors (Lipinski definition) is 5. The molecule has 0 amide bonds. The molecule has 34 heavy (non-hydrogen) atoms. The molecule has 4 rings (SSSR count). The van der Waals surface area contributed by atoms with Crippen molar-refractivity contribution < 1.29 is 24.1 Å². The first-order chi connectivity index (χ1) is 16.5. The van der Waals surface area contributed by atoms with Crippen LogP contribution < -0.4 is 9.47 Å². The molecule has 0 saturated carbocycles. The first-order valence-corrected chi connectivity index (χ1v) is 11.8. The topological polar surface area (TPSA) is 57.2 Å². The summed E-state index contributed by atoms with van der Waals surface area (Å²) in [6.07, 6.45) is -0.314. The third-order valence-corrected chi connectivity index (χ3v) is 6.63. The third kappa shape index (κ3) is 4.83. The van der Waals surface area contributed by atoms with Crippen LogP contribution >= 0.6 is 0 Å². The molecule has 1 saturated heterocycles. The van der Waals surface area contributed by atoms with Gasteiger partial charge in [0.05, 0.1) is 33.0 Å². The summed E-state index contributed by atoms with van der Waals surface area (Å²) in [5, 5.41) is 10.7. The van der Waals surface area contributed by atoms with Crippen LogP contribution in [-0.2, 0) is 15.1 Å². The lowest BCUT2D eigenvalue weighted by Gasteiger charge is -2.37. The van der Waals surface area contributed by atoms with Gasteiger partial charge in [-0.1, -0.05) is 68.4 Å². The van der Waals surface area contributed by atoms with Crippen molar-refractivity contribution in [1.29, 1.82) is 0 Å². The quantitative estimate of drug-likeness (QED) is 0.444. The Labute approximate surface area is 202 Å². The standard InChI is InChI=1S/C29H34O5/c1-20(2)27-18-26(30)28(34-27)19-33-29(21-8-6-5-7-9-21,22-10-14-24(31-3)15-11-22)23-12-16-25(32-4)17-13-23/h5-17,20,26-28,30H,18-19H2,1-4H3/t26-,27+,28+/m0/s1. The minimum absolute atomic E-state index is 0.0247. The van der Waals surface area contributed by atoms with Crippen LogP contribution in [0.1, 0.15) is 37.0 Å². The molecule has 5 heteroatoms. The molecular formula is C29H34O5. The maximum Gasteiger partial charge on any atom is 0.143 e. The second-order valence-corrected chi connectivity index (χ2v) is 9.08. The van der Waals surface area contributed by atoms with Crippen molar-refractivity contribution in [3.05, 3.63) is 95.6 Å². The van der Waals surface area contributed by atoms with Crippen molar-refractivity contribution >= 4 is 0 Å². The van der Waals surface area contributed by atoms with E-state index in [0.717, 1.165) is 28.2 Å². The van der Waals surface area contributed by atoms with Gasteiger partial charge in [-0.2, -0.15) is 0 Å². The molecule has 1 heterocycles. The van der Waals surface area contributed by atoms with Gasteiger partial charge in [0.2, 0.25) is 0 Å². The van der Waals surface area contributed by atoms with Gasteiger partial charge in [0, 0.05) is 6.42 Å². The zero-order chi connectivity index (χ0) is 24.1. The SMILES string of the molecule is COc1ccc(C(OC[C@H]2O[C@@H](C(C)C)C[C@@H]2O)(c2ccccc2)c2ccc(OC)cc2)cc1. The van der Waals surface area contributed by atoms with Crippen molar-refractivity contribution in [1.82, 2.24) is 0 Å². The van der Waals surface area contributed by atoms with E-state index in [-0.39, 0.29) is 12.7 Å². The molecule has 3 aromatic rings. The predicted molar refractivity (Wildman–Crippen MR) is 132 cm³/mol. The second-order valence-electron chi connectivity index (χ2n) is 9.08. The van der Waals surface area contributed by atoms with Crippen LogP contribution in [-0.4, -0.2) is 44.2 Å². The van der Waals surface area contributed by atoms with Crippen molar-refractivity contribution in [3.8, 4) is 11.5 Å². The van der Waals surface area contributed by atoms with E-state index in [1.165, 1.54) is 0 Å². The molecule has 1 N–H and O–H groups in total. The Kier molecular flexibility index (Phi) is 7.57. The maximum absolute atomic E-state index is 10.7. The lowest BCUT2D eigenvalue weighted by atomic mass is 9.80. The van der Waals surface area contributed by atoms with Gasteiger partial charge in [-0.25, -0.2) is 0 Å². The third-order valence-electron chi connectivity index (χ3n) is 6.63. The van der Waals surface area contributed by atoms with Gasteiger partial charge in [-0.05, 0) is 46.9 Å². The summed E-state index contributed by atoms with van der Waals surface area (Å²) in [6.45, 7) is 4.48. The van der Waals surface area contributed by atoms with E-state index in [9.17, 15) is 5.11 Å². The van der Waals surface area contributed by atoms with Crippen LogP contribution in [0.5, 0.6) is 11.5 Å². The summed E-state index contributed by atoms with van der Waals surface area (Å²) in [6, 6.07) is 26.0. The summed E-state index contributed by atoms with van der Waals surface area (Å²) >= 11 is 0. The second kappa shape index (κ2) is 10.6. The van der Waals surface area contributed by atoms with Gasteiger partial charge >= 0.3 is 0 Å². The number of benzene rings is 3. The van der Waals surface area contributed by atoms with Crippen molar-refractivity contribution in [2.24, 2.45) is 5.92 Å². The molecule has 0 radical (unpaired) electrons. The Morgan fingerprint density at radius 3 is 1.76 bits per heavy atom. The minimum atomic E-state index is -0.918. The Balaban J connectivity index is 1.80. The van der Waals surface area contributed by atoms with E-state index in [1.807, 2.05) is 66.7 Å². The average Bonchev–Trinajstić information content (AvgIpc) is 3.26. The first kappa shape index (κ1) is 24.3. The van der Waals surface area contributed by atoms with Crippen molar-refractivity contribution in [2.45, 2.75) is 44.2 Å². The largest absolute Gasteiger partial charge is 0.497 e. The van der Waals surface area contributed by atoms with Gasteiger partial charge in [0.15, 0.2) is 0 Å². The Morgan fingerprint density at radius 1 is 0.824 bits per heavy atom. The molecule has 0 bridgehead atoms. The molecular weight excluding hydrogens is 428 g/mol. The lowest BCUT2D eigenvalue weighted by molar-refractivity contribution is -0.0876. The van der Waals surface area contributed by atoms with E-state index in [2.05, 4.69) is 26.0 Å². The number of methoxy groups -OCH3 is 2. The highest BCUT2D eigenvalue weighted by molar-refractivity contribution is 5.49. The minimum Gasteiger partial charge on any atom is -0.497 e. The normalized spacial score (nSPS) is 20.5. The predicted octanol–water partition coefficient (Wildman–Crippen LogP) is 5.19. The van der Waals surface area contributed by atoms with Crippen LogP contribution in [0.4, 0.5) is 0 Å². The molecule has 0 aliphatic carbocycles.